The number of hydrogen-bond donors (Lipinski definition) is 4. The van der Waals surface area contributed by atoms with Crippen molar-refractivity contribution in [2.24, 2.45) is 0 Å². The molecule has 2 aliphatic rings. The Morgan fingerprint density at radius 2 is 1.82 bits per heavy atom. The number of fused-ring (bicyclic) bond motifs is 3. The highest BCUT2D eigenvalue weighted by Gasteiger charge is 2.50. The number of sulfonamides is 1. The third-order valence-electron chi connectivity index (χ3n) is 5.84. The Morgan fingerprint density at radius 3 is 2.51 bits per heavy atom. The Morgan fingerprint density at radius 1 is 1.10 bits per heavy atom. The fourth-order valence-electron chi connectivity index (χ4n) is 4.26. The highest BCUT2D eigenvalue weighted by atomic mass is 35.5. The summed E-state index contributed by atoms with van der Waals surface area (Å²) in [6, 6.07) is 4.78. The third-order valence-corrected chi connectivity index (χ3v) is 7.13. The van der Waals surface area contributed by atoms with Crippen LogP contribution in [-0.2, 0) is 21.9 Å². The van der Waals surface area contributed by atoms with Crippen LogP contribution in [0.3, 0.4) is 0 Å². The zero-order chi connectivity index (χ0) is 28.5. The second-order valence-electron chi connectivity index (χ2n) is 8.50. The van der Waals surface area contributed by atoms with Crippen molar-refractivity contribution in [3.05, 3.63) is 86.9 Å². The van der Waals surface area contributed by atoms with Crippen molar-refractivity contribution in [3.8, 4) is 5.75 Å². The number of nitrogens with one attached hydrogen (secondary N) is 3. The zero-order valence-electron chi connectivity index (χ0n) is 18.9. The molecule has 2 amide bonds. The molecule has 0 radical (unpaired) electrons. The van der Waals surface area contributed by atoms with Gasteiger partial charge in [-0.3, -0.25) is 14.3 Å². The molecule has 204 valence electrons. The van der Waals surface area contributed by atoms with Crippen LogP contribution in [-0.4, -0.2) is 31.3 Å². The minimum atomic E-state index is -5.00. The van der Waals surface area contributed by atoms with E-state index in [2.05, 4.69) is 15.4 Å². The summed E-state index contributed by atoms with van der Waals surface area (Å²) in [4.78, 5) is 26.0. The predicted octanol–water partition coefficient (Wildman–Crippen LogP) is 3.92. The first-order valence-corrected chi connectivity index (χ1v) is 12.7. The average Bonchev–Trinajstić information content (AvgIpc) is 3.10. The van der Waals surface area contributed by atoms with Gasteiger partial charge < -0.3 is 20.5 Å². The van der Waals surface area contributed by atoms with Gasteiger partial charge in [0.2, 0.25) is 5.94 Å². The Labute approximate surface area is 220 Å². The maximum absolute atomic E-state index is 14.1. The second-order valence-corrected chi connectivity index (χ2v) is 10.6. The Bertz CT molecular complexity index is 1700. The highest BCUT2D eigenvalue weighted by molar-refractivity contribution is 7.92. The van der Waals surface area contributed by atoms with Crippen LogP contribution in [0.25, 0.3) is 0 Å². The van der Waals surface area contributed by atoms with E-state index in [1.165, 1.54) is 0 Å². The van der Waals surface area contributed by atoms with Crippen molar-refractivity contribution in [2.45, 2.75) is 11.9 Å². The number of alkyl halides is 3. The number of aliphatic hydroxyl groups is 1. The SMILES string of the molecule is O=C(Nc1cc2c(c3c1C(O)(c1cc(F)ccc1Cl)NC3=O)OCS(=O)(=O)N2)c1cc(F)cc(C(F)(F)F)c1. The number of benzene rings is 3. The number of carbonyl (C=O) groups excluding carboxylic acids is 2. The standard InChI is InChI=1S/C23H13ClF5N3O6S/c24-14-2-1-11(25)6-13(14)22(35)18-15(30-20(33)9-3-10(23(27,28)29)5-12(26)4-9)7-16-19(17(18)21(34)31-22)38-8-39(36,37)32-16/h1-7,32,35H,8H2,(H,30,33)(H,31,34). The number of halogens is 6. The van der Waals surface area contributed by atoms with Crippen LogP contribution in [0.5, 0.6) is 5.75 Å². The van der Waals surface area contributed by atoms with Gasteiger partial charge in [-0.2, -0.15) is 13.2 Å². The Hall–Kier alpha value is -3.95. The summed E-state index contributed by atoms with van der Waals surface area (Å²) in [6.07, 6.45) is -5.00. The molecule has 0 bridgehead atoms. The predicted molar refractivity (Wildman–Crippen MR) is 126 cm³/mol. The molecule has 0 spiro atoms. The van der Waals surface area contributed by atoms with Crippen molar-refractivity contribution >= 4 is 44.8 Å². The van der Waals surface area contributed by atoms with Crippen LogP contribution in [0.4, 0.5) is 33.3 Å². The van der Waals surface area contributed by atoms with E-state index in [4.69, 9.17) is 16.3 Å². The molecule has 0 saturated heterocycles. The van der Waals surface area contributed by atoms with Gasteiger partial charge in [-0.15, -0.1) is 0 Å². The van der Waals surface area contributed by atoms with Gasteiger partial charge in [-0.05, 0) is 42.5 Å². The van der Waals surface area contributed by atoms with Gasteiger partial charge in [-0.1, -0.05) is 11.6 Å². The minimum absolute atomic E-state index is 0.173. The Balaban J connectivity index is 1.72. The number of hydrogen-bond acceptors (Lipinski definition) is 6. The molecule has 1 atom stereocenters. The Kier molecular flexibility index (Phi) is 6.01. The molecular weight excluding hydrogens is 577 g/mol. The summed E-state index contributed by atoms with van der Waals surface area (Å²) in [7, 11) is -4.07. The summed E-state index contributed by atoms with van der Waals surface area (Å²) >= 11 is 6.16. The number of amides is 2. The first-order chi connectivity index (χ1) is 18.1. The quantitative estimate of drug-likeness (QED) is 0.342. The number of rotatable bonds is 3. The molecule has 9 nitrogen and oxygen atoms in total. The van der Waals surface area contributed by atoms with E-state index in [9.17, 15) is 45.1 Å². The lowest BCUT2D eigenvalue weighted by Gasteiger charge is -2.29. The van der Waals surface area contributed by atoms with E-state index < -0.39 is 84.8 Å². The van der Waals surface area contributed by atoms with Gasteiger partial charge in [0, 0.05) is 21.7 Å². The summed E-state index contributed by atoms with van der Waals surface area (Å²) in [5.41, 5.74) is -7.14. The van der Waals surface area contributed by atoms with E-state index in [1.807, 2.05) is 0 Å². The van der Waals surface area contributed by atoms with Gasteiger partial charge >= 0.3 is 6.18 Å². The van der Waals surface area contributed by atoms with E-state index in [0.717, 1.165) is 24.3 Å². The number of anilines is 2. The molecule has 2 heterocycles. The lowest BCUT2D eigenvalue weighted by Crippen LogP contribution is -2.41. The normalized spacial score (nSPS) is 19.3. The van der Waals surface area contributed by atoms with Gasteiger partial charge in [-0.25, -0.2) is 17.2 Å². The molecule has 3 aromatic carbocycles. The highest BCUT2D eigenvalue weighted by Crippen LogP contribution is 2.49. The van der Waals surface area contributed by atoms with Crippen LogP contribution >= 0.6 is 11.6 Å². The molecule has 3 aromatic rings. The van der Waals surface area contributed by atoms with Crippen molar-refractivity contribution in [1.29, 1.82) is 0 Å². The van der Waals surface area contributed by atoms with Crippen molar-refractivity contribution in [3.63, 3.8) is 0 Å². The molecule has 0 fully saturated rings. The van der Waals surface area contributed by atoms with E-state index in [-0.39, 0.29) is 22.5 Å². The summed E-state index contributed by atoms with van der Waals surface area (Å²) in [5.74, 6) is -5.91. The van der Waals surface area contributed by atoms with Gasteiger partial charge in [0.15, 0.2) is 11.5 Å². The van der Waals surface area contributed by atoms with Crippen LogP contribution in [0, 0.1) is 11.6 Å². The van der Waals surface area contributed by atoms with Crippen LogP contribution in [0.15, 0.2) is 42.5 Å². The lowest BCUT2D eigenvalue weighted by molar-refractivity contribution is -0.137. The first kappa shape index (κ1) is 26.6. The molecule has 1 unspecified atom stereocenters. The van der Waals surface area contributed by atoms with Crippen molar-refractivity contribution < 1.29 is 49.8 Å². The van der Waals surface area contributed by atoms with Crippen LogP contribution < -0.4 is 20.1 Å². The fourth-order valence-corrected chi connectivity index (χ4v) is 5.33. The molecule has 0 aliphatic carbocycles. The monoisotopic (exact) mass is 589 g/mol. The largest absolute Gasteiger partial charge is 0.473 e. The topological polar surface area (TPSA) is 134 Å². The van der Waals surface area contributed by atoms with Crippen LogP contribution in [0.1, 0.15) is 37.4 Å². The maximum atomic E-state index is 14.1. The average molecular weight is 590 g/mol. The second kappa shape index (κ2) is 8.79. The zero-order valence-corrected chi connectivity index (χ0v) is 20.5. The molecule has 2 aliphatic heterocycles. The minimum Gasteiger partial charge on any atom is -0.473 e. The summed E-state index contributed by atoms with van der Waals surface area (Å²) in [5, 5.41) is 15.7. The van der Waals surface area contributed by atoms with Crippen LogP contribution in [0.2, 0.25) is 5.02 Å². The summed E-state index contributed by atoms with van der Waals surface area (Å²) < 4.78 is 99.1. The molecule has 5 rings (SSSR count). The van der Waals surface area contributed by atoms with Crippen molar-refractivity contribution in [1.82, 2.24) is 5.32 Å². The number of carbonyl (C=O) groups is 2. The summed E-state index contributed by atoms with van der Waals surface area (Å²) in [6.45, 7) is 0. The number of ether oxygens (including phenoxy) is 1. The maximum Gasteiger partial charge on any atom is 0.416 e. The molecule has 4 N–H and O–H groups in total. The van der Waals surface area contributed by atoms with Crippen molar-refractivity contribution in [2.75, 3.05) is 16.0 Å². The molecule has 39 heavy (non-hydrogen) atoms. The molecule has 16 heteroatoms. The van der Waals surface area contributed by atoms with Gasteiger partial charge in [0.25, 0.3) is 21.8 Å². The molecular formula is C23H13ClF5N3O6S. The first-order valence-electron chi connectivity index (χ1n) is 10.6. The van der Waals surface area contributed by atoms with E-state index in [0.29, 0.717) is 12.1 Å². The van der Waals surface area contributed by atoms with Gasteiger partial charge in [0.1, 0.15) is 11.6 Å². The van der Waals surface area contributed by atoms with E-state index in [1.54, 1.807) is 0 Å². The third kappa shape index (κ3) is 4.62. The van der Waals surface area contributed by atoms with E-state index >= 15 is 0 Å². The fraction of sp³-hybridized carbons (Fsp3) is 0.130. The van der Waals surface area contributed by atoms with Gasteiger partial charge in [0.05, 0.1) is 22.5 Å². The lowest BCUT2D eigenvalue weighted by atomic mass is 9.91. The molecule has 0 saturated carbocycles. The molecule has 0 aromatic heterocycles. The smallest absolute Gasteiger partial charge is 0.416 e.